The Kier molecular flexibility index (Phi) is 11.7. The molecule has 0 saturated heterocycles. The van der Waals surface area contributed by atoms with Crippen LogP contribution in [0.4, 0.5) is 68.2 Å². The number of rotatable bonds is 12. The van der Waals surface area contributed by atoms with Crippen LogP contribution in [0.1, 0.15) is 22.3 Å². The zero-order valence-corrected chi connectivity index (χ0v) is 49.4. The van der Waals surface area contributed by atoms with Gasteiger partial charge in [-0.1, -0.05) is 121 Å². The van der Waals surface area contributed by atoms with Crippen molar-refractivity contribution in [3.05, 3.63) is 313 Å². The average Bonchev–Trinajstić information content (AvgIpc) is 1.54. The second-order valence-electron chi connectivity index (χ2n) is 23.8. The molecule has 13 aromatic carbocycles. The van der Waals surface area contributed by atoms with Gasteiger partial charge in [0.1, 0.15) is 0 Å². The number of nitrogens with zero attached hydrogens (tertiary/aromatic N) is 6. The zero-order valence-electron chi connectivity index (χ0n) is 49.4. The highest BCUT2D eigenvalue weighted by molar-refractivity contribution is 6.30. The molecular weight excluding hydrogens is 1070 g/mol. The van der Waals surface area contributed by atoms with Crippen LogP contribution >= 0.6 is 0 Å². The molecule has 0 amide bonds. The standard InChI is InChI=1S/C82H60N6/c1-53-21-17-33-61(41-53)83(57-25-9-5-10-26-57)65-37-39-77-69(45-65)73-47-67(85(59-29-13-7-14-30-59)63-35-19-23-55(3)43-63)49-75-71-51-72-76-50-68(86(60-31-15-8-16-32-60)64-36-20-24-56(4)44-64)48-74-70-46-66(84(58-27-11-6-12-28-58)62-34-18-22-54(2)42-62)38-40-78(70)88(82(74)76)80(72)52-79(71)87(77)81(73)75/h5-52H,1-4H3. The molecule has 4 heterocycles. The Morgan fingerprint density at radius 1 is 0.182 bits per heavy atom. The summed E-state index contributed by atoms with van der Waals surface area (Å²) in [6, 6.07) is 108. The fraction of sp³-hybridized carbons (Fsp3) is 0.0488. The minimum atomic E-state index is 1.10. The van der Waals surface area contributed by atoms with Gasteiger partial charge in [0.2, 0.25) is 0 Å². The van der Waals surface area contributed by atoms with Crippen molar-refractivity contribution in [1.29, 1.82) is 0 Å². The Morgan fingerprint density at radius 3 is 0.727 bits per heavy atom. The largest absolute Gasteiger partial charge is 0.310 e. The summed E-state index contributed by atoms with van der Waals surface area (Å²) in [5.74, 6) is 0. The monoisotopic (exact) mass is 1130 g/mol. The molecule has 0 aliphatic carbocycles. The maximum atomic E-state index is 2.56. The molecule has 0 spiro atoms. The van der Waals surface area contributed by atoms with Crippen molar-refractivity contribution in [3.63, 3.8) is 0 Å². The van der Waals surface area contributed by atoms with Crippen molar-refractivity contribution in [3.8, 4) is 0 Å². The molecule has 0 bridgehead atoms. The third-order valence-electron chi connectivity index (χ3n) is 18.0. The first-order valence-electron chi connectivity index (χ1n) is 30.4. The van der Waals surface area contributed by atoms with E-state index in [2.05, 4.69) is 347 Å². The van der Waals surface area contributed by atoms with E-state index in [-0.39, 0.29) is 0 Å². The predicted octanol–water partition coefficient (Wildman–Crippen LogP) is 23.1. The molecule has 0 atom stereocenters. The van der Waals surface area contributed by atoms with Gasteiger partial charge in [-0.2, -0.15) is 0 Å². The van der Waals surface area contributed by atoms with Crippen LogP contribution in [0.2, 0.25) is 0 Å². The van der Waals surface area contributed by atoms with Gasteiger partial charge < -0.3 is 28.4 Å². The lowest BCUT2D eigenvalue weighted by atomic mass is 10.0. The van der Waals surface area contributed by atoms with Gasteiger partial charge in [-0.15, -0.1) is 0 Å². The highest BCUT2D eigenvalue weighted by Gasteiger charge is 2.28. The predicted molar refractivity (Wildman–Crippen MR) is 373 cm³/mol. The van der Waals surface area contributed by atoms with E-state index in [1.165, 1.54) is 87.4 Å². The molecule has 0 radical (unpaired) electrons. The van der Waals surface area contributed by atoms with Gasteiger partial charge in [0.05, 0.1) is 33.1 Å². The van der Waals surface area contributed by atoms with E-state index in [4.69, 9.17) is 0 Å². The van der Waals surface area contributed by atoms with E-state index in [9.17, 15) is 0 Å². The Labute approximate surface area is 511 Å². The third kappa shape index (κ3) is 8.17. The van der Waals surface area contributed by atoms with Crippen LogP contribution in [0.3, 0.4) is 0 Å². The maximum Gasteiger partial charge on any atom is 0.0622 e. The molecule has 0 aliphatic heterocycles. The average molecular weight is 1130 g/mol. The van der Waals surface area contributed by atoms with E-state index in [1.807, 2.05) is 0 Å². The molecule has 88 heavy (non-hydrogen) atoms. The van der Waals surface area contributed by atoms with Crippen LogP contribution in [-0.4, -0.2) is 8.80 Å². The van der Waals surface area contributed by atoms with Crippen molar-refractivity contribution in [2.75, 3.05) is 19.6 Å². The number of aryl methyl sites for hydroxylation is 4. The molecule has 6 heteroatoms. The van der Waals surface area contributed by atoms with Gasteiger partial charge in [-0.3, -0.25) is 0 Å². The molecule has 6 nitrogen and oxygen atoms in total. The SMILES string of the molecule is Cc1cccc(N(c2ccccc2)c2ccc3c(c2)c2cc(N(c4ccccc4)c4cccc(C)c4)cc4c5cc6c7cc(N(c8ccccc8)c8cccc(C)c8)cc8c9cc(N(c%10ccccc%10)c%10cccc(C)c%10)ccc9n(c6cc5n3c24)c87)c1. The van der Waals surface area contributed by atoms with Crippen molar-refractivity contribution in [2.45, 2.75) is 27.7 Å². The summed E-state index contributed by atoms with van der Waals surface area (Å²) in [5, 5.41) is 9.60. The van der Waals surface area contributed by atoms with Gasteiger partial charge in [0, 0.05) is 111 Å². The number of fused-ring (bicyclic) bond motifs is 12. The highest BCUT2D eigenvalue weighted by atomic mass is 15.2. The Balaban J connectivity index is 0.988. The van der Waals surface area contributed by atoms with Gasteiger partial charge >= 0.3 is 0 Å². The second-order valence-corrected chi connectivity index (χ2v) is 23.8. The van der Waals surface area contributed by atoms with Crippen molar-refractivity contribution < 1.29 is 0 Å². The number of hydrogen-bond donors (Lipinski definition) is 0. The fourth-order valence-electron chi connectivity index (χ4n) is 14.2. The van der Waals surface area contributed by atoms with Crippen LogP contribution in [0, 0.1) is 27.7 Å². The van der Waals surface area contributed by atoms with Gasteiger partial charge in [-0.05, 0) is 220 Å². The number of para-hydroxylation sites is 4. The van der Waals surface area contributed by atoms with Crippen LogP contribution in [0.15, 0.2) is 291 Å². The summed E-state index contributed by atoms with van der Waals surface area (Å²) in [7, 11) is 0. The molecule has 17 rings (SSSR count). The summed E-state index contributed by atoms with van der Waals surface area (Å²) < 4.78 is 5.12. The smallest absolute Gasteiger partial charge is 0.0622 e. The number of aromatic nitrogens is 2. The fourth-order valence-corrected chi connectivity index (χ4v) is 14.2. The summed E-state index contributed by atoms with van der Waals surface area (Å²) in [6.45, 7) is 8.71. The van der Waals surface area contributed by atoms with Gasteiger partial charge in [-0.25, -0.2) is 0 Å². The first-order valence-corrected chi connectivity index (χ1v) is 30.4. The van der Waals surface area contributed by atoms with Gasteiger partial charge in [0.15, 0.2) is 0 Å². The van der Waals surface area contributed by atoms with Crippen molar-refractivity contribution >= 4 is 144 Å². The molecular formula is C82H60N6. The molecule has 0 fully saturated rings. The Bertz CT molecular complexity index is 5170. The third-order valence-corrected chi connectivity index (χ3v) is 18.0. The van der Waals surface area contributed by atoms with E-state index in [0.29, 0.717) is 0 Å². The Morgan fingerprint density at radius 2 is 0.432 bits per heavy atom. The topological polar surface area (TPSA) is 21.8 Å². The summed E-state index contributed by atoms with van der Waals surface area (Å²) >= 11 is 0. The molecule has 0 saturated carbocycles. The van der Waals surface area contributed by atoms with Crippen LogP contribution in [0.25, 0.3) is 76.2 Å². The summed E-state index contributed by atoms with van der Waals surface area (Å²) in [4.78, 5) is 9.66. The first kappa shape index (κ1) is 51.1. The Hall–Kier alpha value is -11.3. The van der Waals surface area contributed by atoms with Crippen LogP contribution in [0.5, 0.6) is 0 Å². The minimum Gasteiger partial charge on any atom is -0.310 e. The van der Waals surface area contributed by atoms with E-state index in [0.717, 1.165) is 79.3 Å². The lowest BCUT2D eigenvalue weighted by molar-refractivity contribution is 1.27. The maximum absolute atomic E-state index is 2.56. The summed E-state index contributed by atoms with van der Waals surface area (Å²) in [5.41, 5.74) is 25.2. The van der Waals surface area contributed by atoms with Crippen LogP contribution in [-0.2, 0) is 0 Å². The molecule has 17 aromatic rings. The normalized spacial score (nSPS) is 11.9. The van der Waals surface area contributed by atoms with Crippen LogP contribution < -0.4 is 19.6 Å². The number of anilines is 12. The molecule has 4 aromatic heterocycles. The first-order chi connectivity index (χ1) is 43.3. The molecule has 0 N–H and O–H groups in total. The van der Waals surface area contributed by atoms with E-state index < -0.39 is 0 Å². The second kappa shape index (κ2) is 20.2. The number of hydrogen-bond acceptors (Lipinski definition) is 4. The quantitative estimate of drug-likeness (QED) is 0.122. The number of benzene rings is 13. The van der Waals surface area contributed by atoms with Crippen molar-refractivity contribution in [2.24, 2.45) is 0 Å². The molecule has 0 unspecified atom stereocenters. The minimum absolute atomic E-state index is 1.10. The van der Waals surface area contributed by atoms with E-state index >= 15 is 0 Å². The molecule has 418 valence electrons. The zero-order chi connectivity index (χ0) is 58.7. The summed E-state index contributed by atoms with van der Waals surface area (Å²) in [6.07, 6.45) is 0. The molecule has 0 aliphatic rings. The van der Waals surface area contributed by atoms with Crippen molar-refractivity contribution in [1.82, 2.24) is 8.80 Å². The highest BCUT2D eigenvalue weighted by Crippen LogP contribution is 2.51. The lowest BCUT2D eigenvalue weighted by Crippen LogP contribution is -2.10. The lowest BCUT2D eigenvalue weighted by Gasteiger charge is -2.26. The van der Waals surface area contributed by atoms with E-state index in [1.54, 1.807) is 0 Å². The van der Waals surface area contributed by atoms with Gasteiger partial charge in [0.25, 0.3) is 0 Å².